The quantitative estimate of drug-likeness (QED) is 0.360. The molecule has 0 aliphatic rings. The summed E-state index contributed by atoms with van der Waals surface area (Å²) < 4.78 is 10.0. The van der Waals surface area contributed by atoms with Crippen LogP contribution >= 0.6 is 0 Å². The van der Waals surface area contributed by atoms with E-state index in [2.05, 4.69) is 13.5 Å². The van der Waals surface area contributed by atoms with E-state index in [1.807, 2.05) is 0 Å². The second-order valence-corrected chi connectivity index (χ2v) is 2.88. The summed E-state index contributed by atoms with van der Waals surface area (Å²) in [6, 6.07) is 0. The average Bonchev–Trinajstić information content (AvgIpc) is 2.10. The van der Waals surface area contributed by atoms with Crippen LogP contribution in [0, 0.1) is 7.43 Å². The van der Waals surface area contributed by atoms with E-state index >= 15 is 0 Å². The van der Waals surface area contributed by atoms with E-state index in [-0.39, 0.29) is 13.4 Å². The Morgan fingerprint density at radius 2 is 1.93 bits per heavy atom. The molecule has 1 radical (unpaired) electrons. The maximum Gasteiger partial charge on any atom is 0.333 e. The molecule has 0 fully saturated rings. The van der Waals surface area contributed by atoms with Crippen molar-refractivity contribution in [2.24, 2.45) is 0 Å². The maximum atomic E-state index is 10.9. The summed E-state index contributed by atoms with van der Waals surface area (Å²) in [6.07, 6.45) is 2.17. The molecule has 0 aromatic rings. The number of esters is 1. The number of carbonyl (C=O) groups excluding carboxylic acids is 1. The van der Waals surface area contributed by atoms with Crippen LogP contribution in [0.4, 0.5) is 0 Å². The molecule has 0 N–H and O–H groups in total. The SMILES string of the molecule is C=C(C)C(=O)OCCOCCCC.[CH3]. The molecule has 0 rings (SSSR count). The second kappa shape index (κ2) is 10.3. The summed E-state index contributed by atoms with van der Waals surface area (Å²) >= 11 is 0. The first-order valence-corrected chi connectivity index (χ1v) is 4.58. The molecule has 0 aliphatic carbocycles. The van der Waals surface area contributed by atoms with Crippen LogP contribution in [0.25, 0.3) is 0 Å². The van der Waals surface area contributed by atoms with Gasteiger partial charge in [-0.25, -0.2) is 4.79 Å². The highest BCUT2D eigenvalue weighted by Gasteiger charge is 2.01. The number of hydrogen-bond donors (Lipinski definition) is 0. The summed E-state index contributed by atoms with van der Waals surface area (Å²) in [6.45, 7) is 8.72. The fraction of sp³-hybridized carbons (Fsp3) is 0.636. The first kappa shape index (κ1) is 15.6. The van der Waals surface area contributed by atoms with Gasteiger partial charge in [-0.15, -0.1) is 0 Å². The lowest BCUT2D eigenvalue weighted by Gasteiger charge is -2.04. The van der Waals surface area contributed by atoms with Crippen molar-refractivity contribution in [2.75, 3.05) is 19.8 Å². The predicted molar refractivity (Wildman–Crippen MR) is 57.9 cm³/mol. The Morgan fingerprint density at radius 3 is 2.43 bits per heavy atom. The van der Waals surface area contributed by atoms with Crippen molar-refractivity contribution < 1.29 is 14.3 Å². The van der Waals surface area contributed by atoms with Crippen LogP contribution in [0.15, 0.2) is 12.2 Å². The molecule has 0 atom stereocenters. The van der Waals surface area contributed by atoms with Crippen LogP contribution < -0.4 is 0 Å². The summed E-state index contributed by atoms with van der Waals surface area (Å²) in [5.74, 6) is -0.348. The molecule has 0 amide bonds. The van der Waals surface area contributed by atoms with Crippen molar-refractivity contribution in [2.45, 2.75) is 26.7 Å². The van der Waals surface area contributed by atoms with Crippen molar-refractivity contribution in [1.29, 1.82) is 0 Å². The van der Waals surface area contributed by atoms with Crippen LogP contribution in [-0.4, -0.2) is 25.8 Å². The van der Waals surface area contributed by atoms with E-state index in [1.165, 1.54) is 0 Å². The zero-order chi connectivity index (χ0) is 10.1. The van der Waals surface area contributed by atoms with Gasteiger partial charge in [-0.1, -0.05) is 27.4 Å². The Labute approximate surface area is 87.1 Å². The van der Waals surface area contributed by atoms with Gasteiger partial charge in [0.25, 0.3) is 0 Å². The third-order valence-corrected chi connectivity index (χ3v) is 1.45. The number of unbranched alkanes of at least 4 members (excludes halogenated alkanes) is 1. The highest BCUT2D eigenvalue weighted by atomic mass is 16.6. The summed E-state index contributed by atoms with van der Waals surface area (Å²) in [5, 5.41) is 0. The fourth-order valence-electron chi connectivity index (χ4n) is 0.665. The minimum atomic E-state index is -0.348. The van der Waals surface area contributed by atoms with E-state index in [0.717, 1.165) is 19.4 Å². The molecule has 0 heterocycles. The zero-order valence-corrected chi connectivity index (χ0v) is 9.47. The molecule has 3 nitrogen and oxygen atoms in total. The normalized spacial score (nSPS) is 9.00. The molecule has 0 aromatic carbocycles. The smallest absolute Gasteiger partial charge is 0.333 e. The fourth-order valence-corrected chi connectivity index (χ4v) is 0.665. The largest absolute Gasteiger partial charge is 0.460 e. The molecule has 0 spiro atoms. The van der Waals surface area contributed by atoms with Crippen molar-refractivity contribution >= 4 is 5.97 Å². The van der Waals surface area contributed by atoms with Crippen LogP contribution in [0.1, 0.15) is 26.7 Å². The van der Waals surface area contributed by atoms with Gasteiger partial charge in [0.1, 0.15) is 6.61 Å². The van der Waals surface area contributed by atoms with Crippen LogP contribution in [0.3, 0.4) is 0 Å². The molecule has 0 bridgehead atoms. The molecule has 14 heavy (non-hydrogen) atoms. The van der Waals surface area contributed by atoms with Crippen molar-refractivity contribution in [1.82, 2.24) is 0 Å². The predicted octanol–water partition coefficient (Wildman–Crippen LogP) is 2.37. The molecule has 0 saturated heterocycles. The zero-order valence-electron chi connectivity index (χ0n) is 9.47. The summed E-state index contributed by atoms with van der Waals surface area (Å²) in [7, 11) is 0. The van der Waals surface area contributed by atoms with Gasteiger partial charge in [0, 0.05) is 12.2 Å². The number of carbonyl (C=O) groups is 1. The van der Waals surface area contributed by atoms with Crippen molar-refractivity contribution in [3.05, 3.63) is 19.6 Å². The van der Waals surface area contributed by atoms with E-state index in [4.69, 9.17) is 9.47 Å². The third kappa shape index (κ3) is 9.26. The standard InChI is InChI=1S/C10H18O3.CH3/c1-4-5-6-12-7-8-13-10(11)9(2)3;/h2,4-8H2,1,3H3;1H3. The Bertz CT molecular complexity index is 164. The second-order valence-electron chi connectivity index (χ2n) is 2.88. The summed E-state index contributed by atoms with van der Waals surface area (Å²) in [5.41, 5.74) is 0.425. The molecular formula is C11H21O3. The highest BCUT2D eigenvalue weighted by Crippen LogP contribution is 1.92. The third-order valence-electron chi connectivity index (χ3n) is 1.45. The highest BCUT2D eigenvalue weighted by molar-refractivity contribution is 5.86. The summed E-state index contributed by atoms with van der Waals surface area (Å²) in [4.78, 5) is 10.9. The van der Waals surface area contributed by atoms with E-state index in [0.29, 0.717) is 18.8 Å². The Kier molecular flexibility index (Phi) is 11.4. The van der Waals surface area contributed by atoms with Gasteiger partial charge in [-0.3, -0.25) is 0 Å². The minimum Gasteiger partial charge on any atom is -0.460 e. The molecule has 3 heteroatoms. The minimum absolute atomic E-state index is 0. The van der Waals surface area contributed by atoms with Gasteiger partial charge in [0.15, 0.2) is 0 Å². The van der Waals surface area contributed by atoms with E-state index < -0.39 is 0 Å². The van der Waals surface area contributed by atoms with E-state index in [1.54, 1.807) is 6.92 Å². The molecular weight excluding hydrogens is 180 g/mol. The van der Waals surface area contributed by atoms with Crippen LogP contribution in [0.2, 0.25) is 0 Å². The lowest BCUT2D eigenvalue weighted by molar-refractivity contribution is -0.140. The van der Waals surface area contributed by atoms with Gasteiger partial charge >= 0.3 is 5.97 Å². The molecule has 83 valence electrons. The van der Waals surface area contributed by atoms with Gasteiger partial charge in [0.05, 0.1) is 6.61 Å². The Morgan fingerprint density at radius 1 is 1.29 bits per heavy atom. The Balaban J connectivity index is 0. The van der Waals surface area contributed by atoms with Gasteiger partial charge < -0.3 is 9.47 Å². The van der Waals surface area contributed by atoms with Gasteiger partial charge in [-0.05, 0) is 13.3 Å². The van der Waals surface area contributed by atoms with Gasteiger partial charge in [-0.2, -0.15) is 0 Å². The lowest BCUT2D eigenvalue weighted by atomic mass is 10.4. The molecule has 0 saturated carbocycles. The first-order valence-electron chi connectivity index (χ1n) is 4.58. The molecule has 0 unspecified atom stereocenters. The number of hydrogen-bond acceptors (Lipinski definition) is 3. The Hall–Kier alpha value is -0.830. The van der Waals surface area contributed by atoms with E-state index in [9.17, 15) is 4.79 Å². The van der Waals surface area contributed by atoms with Crippen LogP contribution in [-0.2, 0) is 14.3 Å². The number of ether oxygens (including phenoxy) is 2. The molecule has 0 aliphatic heterocycles. The first-order chi connectivity index (χ1) is 6.18. The van der Waals surface area contributed by atoms with Gasteiger partial charge in [0.2, 0.25) is 0 Å². The number of rotatable bonds is 7. The topological polar surface area (TPSA) is 35.5 Å². The van der Waals surface area contributed by atoms with Crippen molar-refractivity contribution in [3.63, 3.8) is 0 Å². The van der Waals surface area contributed by atoms with Crippen molar-refractivity contribution in [3.8, 4) is 0 Å². The maximum absolute atomic E-state index is 10.9. The molecule has 0 aromatic heterocycles. The average molecular weight is 201 g/mol. The monoisotopic (exact) mass is 201 g/mol. The van der Waals surface area contributed by atoms with Crippen LogP contribution in [0.5, 0.6) is 0 Å². The lowest BCUT2D eigenvalue weighted by Crippen LogP contribution is -2.11.